The number of aryl methyl sites for hydroxylation is 1. The Morgan fingerprint density at radius 2 is 1.91 bits per heavy atom. The van der Waals surface area contributed by atoms with Crippen LogP contribution in [-0.2, 0) is 13.5 Å². The summed E-state index contributed by atoms with van der Waals surface area (Å²) in [6.07, 6.45) is 2.62. The molecule has 6 nitrogen and oxygen atoms in total. The number of pyridine rings is 1. The summed E-state index contributed by atoms with van der Waals surface area (Å²) < 4.78 is 2.04. The topological polar surface area (TPSA) is 68.5 Å². The van der Waals surface area contributed by atoms with Crippen molar-refractivity contribution in [2.45, 2.75) is 6.42 Å². The van der Waals surface area contributed by atoms with Crippen LogP contribution >= 0.6 is 0 Å². The summed E-state index contributed by atoms with van der Waals surface area (Å²) in [4.78, 5) is 8.90. The van der Waals surface area contributed by atoms with E-state index in [0.717, 1.165) is 34.2 Å². The van der Waals surface area contributed by atoms with Gasteiger partial charge in [0.1, 0.15) is 5.52 Å². The van der Waals surface area contributed by atoms with Crippen LogP contribution in [0.5, 0.6) is 0 Å². The first-order valence-electron chi connectivity index (χ1n) is 7.54. The fraction of sp³-hybridized carbons (Fsp3) is 0.176. The fourth-order valence-electron chi connectivity index (χ4n) is 2.73. The molecule has 1 N–H and O–H groups in total. The van der Waals surface area contributed by atoms with Gasteiger partial charge in [-0.15, -0.1) is 10.2 Å². The van der Waals surface area contributed by atoms with Crippen LogP contribution in [-0.4, -0.2) is 31.3 Å². The summed E-state index contributed by atoms with van der Waals surface area (Å²) in [7, 11) is 2.00. The van der Waals surface area contributed by atoms with Crippen LogP contribution in [0.25, 0.3) is 22.1 Å². The van der Waals surface area contributed by atoms with Crippen molar-refractivity contribution in [1.29, 1.82) is 0 Å². The van der Waals surface area contributed by atoms with Crippen molar-refractivity contribution in [2.24, 2.45) is 7.05 Å². The number of nitrogens with zero attached hydrogens (tertiary/aromatic N) is 5. The van der Waals surface area contributed by atoms with Gasteiger partial charge in [0.2, 0.25) is 5.95 Å². The van der Waals surface area contributed by atoms with E-state index in [9.17, 15) is 0 Å². The van der Waals surface area contributed by atoms with Crippen LogP contribution in [0.3, 0.4) is 0 Å². The molecule has 1 aromatic carbocycles. The van der Waals surface area contributed by atoms with Gasteiger partial charge in [-0.25, -0.2) is 0 Å². The number of hydrogen-bond donors (Lipinski definition) is 1. The van der Waals surface area contributed by atoms with Crippen LogP contribution in [0, 0.1) is 0 Å². The first-order valence-corrected chi connectivity index (χ1v) is 7.54. The highest BCUT2D eigenvalue weighted by Gasteiger charge is 2.11. The van der Waals surface area contributed by atoms with Gasteiger partial charge in [-0.1, -0.05) is 24.3 Å². The molecular weight excluding hydrogens is 288 g/mol. The maximum Gasteiger partial charge on any atom is 0.244 e. The van der Waals surface area contributed by atoms with E-state index >= 15 is 0 Å². The van der Waals surface area contributed by atoms with Gasteiger partial charge < -0.3 is 9.88 Å². The molecule has 0 fully saturated rings. The predicted octanol–water partition coefficient (Wildman–Crippen LogP) is 2.57. The van der Waals surface area contributed by atoms with Crippen LogP contribution in [0.4, 0.5) is 5.95 Å². The highest BCUT2D eigenvalue weighted by molar-refractivity contribution is 6.04. The molecule has 0 saturated heterocycles. The number of para-hydroxylation sites is 1. The molecule has 114 valence electrons. The van der Waals surface area contributed by atoms with Crippen molar-refractivity contribution in [3.8, 4) is 0 Å². The zero-order valence-electron chi connectivity index (χ0n) is 12.8. The maximum atomic E-state index is 4.60. The normalized spacial score (nSPS) is 11.2. The molecule has 0 unspecified atom stereocenters. The molecule has 4 rings (SSSR count). The molecule has 0 aliphatic heterocycles. The summed E-state index contributed by atoms with van der Waals surface area (Å²) in [5.74, 6) is 0.541. The number of rotatable bonds is 4. The fourth-order valence-corrected chi connectivity index (χ4v) is 2.73. The summed E-state index contributed by atoms with van der Waals surface area (Å²) in [6.45, 7) is 0.716. The lowest BCUT2D eigenvalue weighted by Crippen LogP contribution is -2.09. The van der Waals surface area contributed by atoms with Crippen LogP contribution in [0.1, 0.15) is 5.69 Å². The van der Waals surface area contributed by atoms with Gasteiger partial charge in [-0.3, -0.25) is 4.98 Å². The minimum absolute atomic E-state index is 0.541. The van der Waals surface area contributed by atoms with Crippen LogP contribution in [0.15, 0.2) is 48.7 Å². The monoisotopic (exact) mass is 304 g/mol. The highest BCUT2D eigenvalue weighted by Crippen LogP contribution is 2.24. The number of fused-ring (bicyclic) bond motifs is 3. The van der Waals surface area contributed by atoms with Crippen LogP contribution < -0.4 is 5.32 Å². The minimum atomic E-state index is 0.541. The quantitative estimate of drug-likeness (QED) is 0.627. The molecule has 0 aliphatic carbocycles. The summed E-state index contributed by atoms with van der Waals surface area (Å²) in [6, 6.07) is 14.0. The zero-order valence-corrected chi connectivity index (χ0v) is 12.8. The largest absolute Gasteiger partial charge is 0.352 e. The van der Waals surface area contributed by atoms with E-state index in [-0.39, 0.29) is 0 Å². The van der Waals surface area contributed by atoms with Gasteiger partial charge in [-0.2, -0.15) is 4.98 Å². The zero-order chi connectivity index (χ0) is 15.6. The maximum absolute atomic E-state index is 4.60. The second kappa shape index (κ2) is 5.64. The lowest BCUT2D eigenvalue weighted by Gasteiger charge is -2.04. The van der Waals surface area contributed by atoms with Crippen molar-refractivity contribution in [3.63, 3.8) is 0 Å². The van der Waals surface area contributed by atoms with Crippen molar-refractivity contribution in [2.75, 3.05) is 11.9 Å². The first-order chi connectivity index (χ1) is 11.3. The molecule has 0 aliphatic rings. The van der Waals surface area contributed by atoms with E-state index in [1.807, 2.05) is 48.0 Å². The first kappa shape index (κ1) is 13.6. The molecule has 23 heavy (non-hydrogen) atoms. The molecule has 4 aromatic rings. The molecule has 6 heteroatoms. The van der Waals surface area contributed by atoms with Crippen molar-refractivity contribution in [3.05, 3.63) is 54.4 Å². The summed E-state index contributed by atoms with van der Waals surface area (Å²) in [5.41, 5.74) is 3.81. The van der Waals surface area contributed by atoms with Gasteiger partial charge in [0.15, 0.2) is 5.65 Å². The third-order valence-electron chi connectivity index (χ3n) is 3.90. The Balaban J connectivity index is 1.59. The second-order valence-electron chi connectivity index (χ2n) is 5.38. The van der Waals surface area contributed by atoms with Crippen molar-refractivity contribution in [1.82, 2.24) is 24.7 Å². The number of aromatic nitrogens is 5. The molecule has 0 radical (unpaired) electrons. The van der Waals surface area contributed by atoms with Gasteiger partial charge >= 0.3 is 0 Å². The third-order valence-corrected chi connectivity index (χ3v) is 3.90. The number of nitrogens with one attached hydrogen (secondary N) is 1. The third kappa shape index (κ3) is 2.48. The molecule has 0 atom stereocenters. The van der Waals surface area contributed by atoms with E-state index < -0.39 is 0 Å². The van der Waals surface area contributed by atoms with E-state index in [4.69, 9.17) is 0 Å². The van der Waals surface area contributed by atoms with Gasteiger partial charge in [0, 0.05) is 37.3 Å². The Hall–Kier alpha value is -3.02. The lowest BCUT2D eigenvalue weighted by atomic mass is 10.2. The van der Waals surface area contributed by atoms with Gasteiger partial charge in [0.05, 0.1) is 5.52 Å². The van der Waals surface area contributed by atoms with Crippen molar-refractivity contribution >= 4 is 28.0 Å². The highest BCUT2D eigenvalue weighted by atomic mass is 15.3. The Kier molecular flexibility index (Phi) is 3.34. The smallest absolute Gasteiger partial charge is 0.244 e. The van der Waals surface area contributed by atoms with Gasteiger partial charge in [-0.05, 0) is 18.2 Å². The Morgan fingerprint density at radius 1 is 1.04 bits per heavy atom. The number of hydrogen-bond acceptors (Lipinski definition) is 5. The lowest BCUT2D eigenvalue weighted by molar-refractivity contribution is 0.910. The molecular formula is C17H16N6. The summed E-state index contributed by atoms with van der Waals surface area (Å²) in [5, 5.41) is 12.8. The molecule has 0 saturated carbocycles. The Bertz CT molecular complexity index is 961. The molecule has 0 bridgehead atoms. The van der Waals surface area contributed by atoms with Crippen molar-refractivity contribution < 1.29 is 0 Å². The number of benzene rings is 1. The number of anilines is 1. The average Bonchev–Trinajstić information content (AvgIpc) is 2.89. The molecule has 0 spiro atoms. The Labute approximate surface area is 133 Å². The SMILES string of the molecule is Cn1c2ccccc2c2nnc(NCCc3ccccn3)nc21. The minimum Gasteiger partial charge on any atom is -0.352 e. The van der Waals surface area contributed by atoms with E-state index in [0.29, 0.717) is 12.5 Å². The molecule has 0 amide bonds. The average molecular weight is 304 g/mol. The van der Waals surface area contributed by atoms with E-state index in [1.165, 1.54) is 0 Å². The molecule has 3 heterocycles. The Morgan fingerprint density at radius 3 is 2.78 bits per heavy atom. The molecule has 3 aromatic heterocycles. The van der Waals surface area contributed by atoms with Crippen LogP contribution in [0.2, 0.25) is 0 Å². The van der Waals surface area contributed by atoms with Gasteiger partial charge in [0.25, 0.3) is 0 Å². The summed E-state index contributed by atoms with van der Waals surface area (Å²) >= 11 is 0. The van der Waals surface area contributed by atoms with E-state index in [2.05, 4.69) is 31.5 Å². The standard InChI is InChI=1S/C17H16N6/c1-23-14-8-3-2-7-13(14)15-16(23)20-17(22-21-15)19-11-9-12-6-4-5-10-18-12/h2-8,10H,9,11H2,1H3,(H,19,20,22). The predicted molar refractivity (Wildman–Crippen MR) is 90.2 cm³/mol. The van der Waals surface area contributed by atoms with E-state index in [1.54, 1.807) is 6.20 Å². The second-order valence-corrected chi connectivity index (χ2v) is 5.38.